The van der Waals surface area contributed by atoms with Gasteiger partial charge in [0.1, 0.15) is 11.6 Å². The topological polar surface area (TPSA) is 75.7 Å². The van der Waals surface area contributed by atoms with Gasteiger partial charge in [-0.3, -0.25) is 14.4 Å². The third kappa shape index (κ3) is 6.01. The third-order valence-electron chi connectivity index (χ3n) is 4.75. The lowest BCUT2D eigenvalue weighted by Gasteiger charge is -2.32. The van der Waals surface area contributed by atoms with Crippen LogP contribution in [0.4, 0.5) is 4.39 Å². The van der Waals surface area contributed by atoms with Crippen molar-refractivity contribution in [1.82, 2.24) is 10.2 Å². The van der Waals surface area contributed by atoms with E-state index in [0.29, 0.717) is 42.8 Å². The van der Waals surface area contributed by atoms with E-state index in [0.717, 1.165) is 0 Å². The van der Waals surface area contributed by atoms with Crippen molar-refractivity contribution in [3.8, 4) is 5.75 Å². The van der Waals surface area contributed by atoms with Gasteiger partial charge >= 0.3 is 5.97 Å². The standard InChI is InChI=1S/C23H23FN2O4/c1-16(27)30-21-7-3-5-18(15-21)23(29)26-12-10-20(11-13-26)25-22(28)9-8-17-4-2-6-19(24)14-17/h2-9,14-15,20H,10-13H2,1H3,(H,25,28)/b9-8+. The first-order valence-corrected chi connectivity index (χ1v) is 9.72. The van der Waals surface area contributed by atoms with Gasteiger partial charge in [0.15, 0.2) is 0 Å². The summed E-state index contributed by atoms with van der Waals surface area (Å²) in [5.41, 5.74) is 1.07. The Kier molecular flexibility index (Phi) is 6.95. The smallest absolute Gasteiger partial charge is 0.308 e. The molecule has 0 bridgehead atoms. The molecule has 1 saturated heterocycles. The van der Waals surface area contributed by atoms with Gasteiger partial charge < -0.3 is 15.0 Å². The molecule has 1 heterocycles. The Bertz CT molecular complexity index is 965. The maximum absolute atomic E-state index is 13.2. The molecule has 1 aliphatic rings. The summed E-state index contributed by atoms with van der Waals surface area (Å²) in [5.74, 6) is -0.853. The highest BCUT2D eigenvalue weighted by Crippen LogP contribution is 2.18. The number of hydrogen-bond donors (Lipinski definition) is 1. The van der Waals surface area contributed by atoms with Gasteiger partial charge in [0.05, 0.1) is 0 Å². The molecular weight excluding hydrogens is 387 g/mol. The van der Waals surface area contributed by atoms with E-state index in [-0.39, 0.29) is 23.7 Å². The molecule has 156 valence electrons. The van der Waals surface area contributed by atoms with Crippen molar-refractivity contribution in [2.45, 2.75) is 25.8 Å². The first-order chi connectivity index (χ1) is 14.4. The number of benzene rings is 2. The summed E-state index contributed by atoms with van der Waals surface area (Å²) in [6, 6.07) is 12.5. The summed E-state index contributed by atoms with van der Waals surface area (Å²) < 4.78 is 18.2. The largest absolute Gasteiger partial charge is 0.427 e. The van der Waals surface area contributed by atoms with Crippen LogP contribution in [-0.4, -0.2) is 41.8 Å². The summed E-state index contributed by atoms with van der Waals surface area (Å²) in [6.45, 7) is 2.32. The number of likely N-dealkylation sites (tertiary alicyclic amines) is 1. The van der Waals surface area contributed by atoms with Crippen molar-refractivity contribution in [3.05, 3.63) is 71.6 Å². The molecule has 2 aromatic carbocycles. The fourth-order valence-corrected chi connectivity index (χ4v) is 3.30. The molecule has 3 rings (SSSR count). The normalized spacial score (nSPS) is 14.5. The number of amides is 2. The molecule has 0 aliphatic carbocycles. The Hall–Kier alpha value is -3.48. The molecule has 2 amide bonds. The Morgan fingerprint density at radius 1 is 1.10 bits per heavy atom. The molecule has 1 N–H and O–H groups in total. The first kappa shape index (κ1) is 21.2. The molecule has 2 aromatic rings. The van der Waals surface area contributed by atoms with Crippen LogP contribution in [0.1, 0.15) is 35.7 Å². The number of piperidine rings is 1. The molecule has 0 aromatic heterocycles. The summed E-state index contributed by atoms with van der Waals surface area (Å²) >= 11 is 0. The minimum Gasteiger partial charge on any atom is -0.427 e. The molecule has 0 saturated carbocycles. The van der Waals surface area contributed by atoms with E-state index in [1.807, 2.05) is 0 Å². The van der Waals surface area contributed by atoms with E-state index in [2.05, 4.69) is 5.32 Å². The molecule has 1 fully saturated rings. The first-order valence-electron chi connectivity index (χ1n) is 9.72. The van der Waals surface area contributed by atoms with Crippen LogP contribution < -0.4 is 10.1 Å². The molecule has 0 unspecified atom stereocenters. The predicted molar refractivity (Wildman–Crippen MR) is 110 cm³/mol. The van der Waals surface area contributed by atoms with Crippen molar-refractivity contribution >= 4 is 23.9 Å². The quantitative estimate of drug-likeness (QED) is 0.467. The van der Waals surface area contributed by atoms with E-state index in [4.69, 9.17) is 4.74 Å². The predicted octanol–water partition coefficient (Wildman–Crippen LogP) is 3.19. The zero-order chi connectivity index (χ0) is 21.5. The fourth-order valence-electron chi connectivity index (χ4n) is 3.30. The Morgan fingerprint density at radius 3 is 2.53 bits per heavy atom. The average molecular weight is 410 g/mol. The van der Waals surface area contributed by atoms with Crippen molar-refractivity contribution in [2.75, 3.05) is 13.1 Å². The van der Waals surface area contributed by atoms with Crippen LogP contribution >= 0.6 is 0 Å². The van der Waals surface area contributed by atoms with Gasteiger partial charge in [-0.25, -0.2) is 4.39 Å². The maximum atomic E-state index is 13.2. The van der Waals surface area contributed by atoms with E-state index in [9.17, 15) is 18.8 Å². The van der Waals surface area contributed by atoms with Gasteiger partial charge in [0.25, 0.3) is 5.91 Å². The zero-order valence-electron chi connectivity index (χ0n) is 16.6. The van der Waals surface area contributed by atoms with Crippen molar-refractivity contribution in [3.63, 3.8) is 0 Å². The molecule has 0 radical (unpaired) electrons. The molecule has 7 heteroatoms. The van der Waals surface area contributed by atoms with E-state index in [1.165, 1.54) is 25.1 Å². The number of hydrogen-bond acceptors (Lipinski definition) is 4. The number of rotatable bonds is 5. The second kappa shape index (κ2) is 9.82. The number of nitrogens with one attached hydrogen (secondary N) is 1. The molecule has 6 nitrogen and oxygen atoms in total. The highest BCUT2D eigenvalue weighted by Gasteiger charge is 2.24. The number of carbonyl (C=O) groups excluding carboxylic acids is 3. The average Bonchev–Trinajstić information content (AvgIpc) is 2.72. The lowest BCUT2D eigenvalue weighted by atomic mass is 10.0. The van der Waals surface area contributed by atoms with E-state index >= 15 is 0 Å². The van der Waals surface area contributed by atoms with Gasteiger partial charge in [-0.15, -0.1) is 0 Å². The number of esters is 1. The molecule has 1 aliphatic heterocycles. The van der Waals surface area contributed by atoms with Gasteiger partial charge in [0.2, 0.25) is 5.91 Å². The monoisotopic (exact) mass is 410 g/mol. The number of nitrogens with zero attached hydrogens (tertiary/aromatic N) is 1. The third-order valence-corrected chi connectivity index (χ3v) is 4.75. The summed E-state index contributed by atoms with van der Waals surface area (Å²) in [6.07, 6.45) is 4.21. The Morgan fingerprint density at radius 2 is 1.83 bits per heavy atom. The maximum Gasteiger partial charge on any atom is 0.308 e. The van der Waals surface area contributed by atoms with E-state index in [1.54, 1.807) is 47.4 Å². The number of carbonyl (C=O) groups is 3. The minimum absolute atomic E-state index is 0.0360. The molecule has 0 spiro atoms. The summed E-state index contributed by atoms with van der Waals surface area (Å²) in [5, 5.41) is 2.92. The van der Waals surface area contributed by atoms with Crippen LogP contribution in [0.15, 0.2) is 54.6 Å². The van der Waals surface area contributed by atoms with E-state index < -0.39 is 5.97 Å². The Balaban J connectivity index is 1.50. The van der Waals surface area contributed by atoms with Crippen molar-refractivity contribution < 1.29 is 23.5 Å². The van der Waals surface area contributed by atoms with Crippen LogP contribution in [0.2, 0.25) is 0 Å². The van der Waals surface area contributed by atoms with Gasteiger partial charge in [-0.2, -0.15) is 0 Å². The van der Waals surface area contributed by atoms with Gasteiger partial charge in [-0.05, 0) is 54.8 Å². The molecular formula is C23H23FN2O4. The lowest BCUT2D eigenvalue weighted by Crippen LogP contribution is -2.46. The highest BCUT2D eigenvalue weighted by molar-refractivity contribution is 5.95. The zero-order valence-corrected chi connectivity index (χ0v) is 16.6. The van der Waals surface area contributed by atoms with Crippen molar-refractivity contribution in [1.29, 1.82) is 0 Å². The second-order valence-electron chi connectivity index (χ2n) is 7.08. The Labute approximate surface area is 174 Å². The molecule has 0 atom stereocenters. The summed E-state index contributed by atoms with van der Waals surface area (Å²) in [7, 11) is 0. The van der Waals surface area contributed by atoms with Gasteiger partial charge in [-0.1, -0.05) is 18.2 Å². The highest BCUT2D eigenvalue weighted by atomic mass is 19.1. The van der Waals surface area contributed by atoms with Crippen LogP contribution in [0.3, 0.4) is 0 Å². The molecule has 30 heavy (non-hydrogen) atoms. The lowest BCUT2D eigenvalue weighted by molar-refractivity contribution is -0.131. The van der Waals surface area contributed by atoms with Crippen LogP contribution in [0, 0.1) is 5.82 Å². The van der Waals surface area contributed by atoms with Crippen molar-refractivity contribution in [2.24, 2.45) is 0 Å². The van der Waals surface area contributed by atoms with Gasteiger partial charge in [0, 0.05) is 37.7 Å². The fraction of sp³-hybridized carbons (Fsp3) is 0.261. The minimum atomic E-state index is -0.442. The van der Waals surface area contributed by atoms with Crippen LogP contribution in [0.25, 0.3) is 6.08 Å². The SMILES string of the molecule is CC(=O)Oc1cccc(C(=O)N2CCC(NC(=O)/C=C/c3cccc(F)c3)CC2)c1. The second-order valence-corrected chi connectivity index (χ2v) is 7.08. The van der Waals surface area contributed by atoms with Crippen LogP contribution in [0.5, 0.6) is 5.75 Å². The number of ether oxygens (including phenoxy) is 1. The summed E-state index contributed by atoms with van der Waals surface area (Å²) in [4.78, 5) is 37.6. The van der Waals surface area contributed by atoms with Crippen LogP contribution in [-0.2, 0) is 9.59 Å². The number of halogens is 1.